The maximum atomic E-state index is 12.5. The normalized spacial score (nSPS) is 13.5. The van der Waals surface area contributed by atoms with Crippen LogP contribution < -0.4 is 21.3 Å². The van der Waals surface area contributed by atoms with E-state index in [4.69, 9.17) is 14.2 Å². The molecule has 2 atom stereocenters. The van der Waals surface area contributed by atoms with Gasteiger partial charge in [0.15, 0.2) is 0 Å². The van der Waals surface area contributed by atoms with Gasteiger partial charge in [-0.2, -0.15) is 12.6 Å². The Morgan fingerprint density at radius 3 is 1.69 bits per heavy atom. The number of amides is 4. The lowest BCUT2D eigenvalue weighted by atomic mass is 10.2. The third-order valence-electron chi connectivity index (χ3n) is 3.48. The molecule has 0 spiro atoms. The summed E-state index contributed by atoms with van der Waals surface area (Å²) in [7, 11) is 0. The number of hydrogen-bond acceptors (Lipinski definition) is 9. The minimum atomic E-state index is -1.26. The number of rotatable bonds is 9. The highest BCUT2D eigenvalue weighted by molar-refractivity contribution is 7.80. The Kier molecular flexibility index (Phi) is 12.4. The van der Waals surface area contributed by atoms with Crippen molar-refractivity contribution in [3.63, 3.8) is 0 Å². The molecule has 0 aliphatic heterocycles. The van der Waals surface area contributed by atoms with Crippen LogP contribution in [-0.2, 0) is 28.6 Å². The highest BCUT2D eigenvalue weighted by Gasteiger charge is 2.30. The summed E-state index contributed by atoms with van der Waals surface area (Å²) in [6.45, 7) is 14.3. The SMILES string of the molecule is CC(C)(C)OC(=O)CNC(=O)C(CS)NC(=O)NCC(NC(=O)OC(C)(C)C)C(=O)OC(C)(C)C. The van der Waals surface area contributed by atoms with E-state index in [1.165, 1.54) is 0 Å². The number of esters is 2. The fourth-order valence-electron chi connectivity index (χ4n) is 2.27. The van der Waals surface area contributed by atoms with Crippen molar-refractivity contribution in [3.8, 4) is 0 Å². The van der Waals surface area contributed by atoms with Crippen molar-refractivity contribution >= 4 is 42.6 Å². The number of ether oxygens (including phenoxy) is 3. The van der Waals surface area contributed by atoms with Crippen molar-refractivity contribution in [1.82, 2.24) is 21.3 Å². The number of alkyl carbamates (subject to hydrolysis) is 1. The molecule has 0 aliphatic carbocycles. The first-order valence-electron chi connectivity index (χ1n) is 11.1. The Hall–Kier alpha value is -2.70. The lowest BCUT2D eigenvalue weighted by molar-refractivity contribution is -0.157. The van der Waals surface area contributed by atoms with Crippen molar-refractivity contribution in [1.29, 1.82) is 0 Å². The number of nitrogens with one attached hydrogen (secondary N) is 4. The van der Waals surface area contributed by atoms with Gasteiger partial charge in [-0.15, -0.1) is 0 Å². The van der Waals surface area contributed by atoms with Crippen molar-refractivity contribution in [2.45, 2.75) is 91.2 Å². The highest BCUT2D eigenvalue weighted by atomic mass is 32.1. The van der Waals surface area contributed by atoms with Crippen LogP contribution >= 0.6 is 12.6 Å². The molecule has 0 saturated carbocycles. The third-order valence-corrected chi connectivity index (χ3v) is 3.85. The van der Waals surface area contributed by atoms with Gasteiger partial charge in [-0.1, -0.05) is 0 Å². The average molecular weight is 521 g/mol. The van der Waals surface area contributed by atoms with Crippen LogP contribution in [0.4, 0.5) is 9.59 Å². The quantitative estimate of drug-likeness (QED) is 0.173. The predicted octanol–water partition coefficient (Wildman–Crippen LogP) is 1.28. The molecule has 0 aromatic rings. The van der Waals surface area contributed by atoms with Gasteiger partial charge in [-0.05, 0) is 62.3 Å². The van der Waals surface area contributed by atoms with Gasteiger partial charge in [0.2, 0.25) is 5.91 Å². The molecular formula is C22H40N4O8S. The highest BCUT2D eigenvalue weighted by Crippen LogP contribution is 2.10. The van der Waals surface area contributed by atoms with Crippen molar-refractivity contribution in [2.75, 3.05) is 18.8 Å². The molecule has 0 heterocycles. The number of urea groups is 1. The molecule has 35 heavy (non-hydrogen) atoms. The van der Waals surface area contributed by atoms with E-state index in [0.717, 1.165) is 0 Å². The first kappa shape index (κ1) is 32.3. The first-order valence-corrected chi connectivity index (χ1v) is 11.7. The van der Waals surface area contributed by atoms with Gasteiger partial charge in [0.05, 0.1) is 6.54 Å². The van der Waals surface area contributed by atoms with Crippen LogP contribution in [-0.4, -0.2) is 77.7 Å². The summed E-state index contributed by atoms with van der Waals surface area (Å²) >= 11 is 4.05. The van der Waals surface area contributed by atoms with E-state index in [1.54, 1.807) is 62.3 Å². The van der Waals surface area contributed by atoms with Crippen molar-refractivity contribution < 1.29 is 38.2 Å². The standard InChI is InChI=1S/C22H40N4O8S/c1-20(2,3)32-15(27)11-23-16(28)14(12-35)25-18(30)24-10-13(17(29)33-21(4,5)6)26-19(31)34-22(7,8)9/h13-14,35H,10-12H2,1-9H3,(H,23,28)(H,26,31)(H2,24,25,30). The number of hydrogen-bond donors (Lipinski definition) is 5. The smallest absolute Gasteiger partial charge is 0.408 e. The van der Waals surface area contributed by atoms with Gasteiger partial charge < -0.3 is 35.5 Å². The second kappa shape index (κ2) is 13.4. The molecule has 0 saturated heterocycles. The zero-order valence-corrected chi connectivity index (χ0v) is 22.9. The van der Waals surface area contributed by atoms with E-state index in [9.17, 15) is 24.0 Å². The zero-order valence-electron chi connectivity index (χ0n) is 22.0. The fraction of sp³-hybridized carbons (Fsp3) is 0.773. The van der Waals surface area contributed by atoms with Crippen LogP contribution in [0.2, 0.25) is 0 Å². The van der Waals surface area contributed by atoms with E-state index in [1.807, 2.05) is 0 Å². The first-order chi connectivity index (χ1) is 15.7. The van der Waals surface area contributed by atoms with Crippen molar-refractivity contribution in [2.24, 2.45) is 0 Å². The summed E-state index contributed by atoms with van der Waals surface area (Å²) in [6, 6.07) is -3.15. The molecule has 13 heteroatoms. The summed E-state index contributed by atoms with van der Waals surface area (Å²) in [5.41, 5.74) is -2.35. The van der Waals surface area contributed by atoms with Crippen LogP contribution in [0.5, 0.6) is 0 Å². The number of carbonyl (C=O) groups excluding carboxylic acids is 5. The topological polar surface area (TPSA) is 161 Å². The number of carbonyl (C=O) groups is 5. The lowest BCUT2D eigenvalue weighted by Gasteiger charge is -2.26. The molecule has 0 fully saturated rings. The minimum absolute atomic E-state index is 0.0702. The molecule has 0 aliphatic rings. The van der Waals surface area contributed by atoms with Gasteiger partial charge in [-0.25, -0.2) is 14.4 Å². The van der Waals surface area contributed by atoms with Crippen LogP contribution in [0, 0.1) is 0 Å². The molecule has 4 N–H and O–H groups in total. The van der Waals surface area contributed by atoms with Crippen LogP contribution in [0.25, 0.3) is 0 Å². The van der Waals surface area contributed by atoms with Gasteiger partial charge >= 0.3 is 24.1 Å². The van der Waals surface area contributed by atoms with Gasteiger partial charge in [0.25, 0.3) is 0 Å². The Bertz CT molecular complexity index is 769. The molecule has 0 radical (unpaired) electrons. The molecule has 0 aromatic heterocycles. The van der Waals surface area contributed by atoms with Crippen LogP contribution in [0.15, 0.2) is 0 Å². The van der Waals surface area contributed by atoms with Gasteiger partial charge in [0.1, 0.15) is 35.4 Å². The maximum Gasteiger partial charge on any atom is 0.408 e. The zero-order chi connectivity index (χ0) is 27.6. The Labute approximate surface area is 212 Å². The minimum Gasteiger partial charge on any atom is -0.459 e. The van der Waals surface area contributed by atoms with Gasteiger partial charge in [0, 0.05) is 5.75 Å². The molecule has 202 valence electrons. The van der Waals surface area contributed by atoms with Gasteiger partial charge in [-0.3, -0.25) is 9.59 Å². The Morgan fingerprint density at radius 2 is 1.23 bits per heavy atom. The van der Waals surface area contributed by atoms with Crippen molar-refractivity contribution in [3.05, 3.63) is 0 Å². The largest absolute Gasteiger partial charge is 0.459 e. The molecular weight excluding hydrogens is 480 g/mol. The Balaban J connectivity index is 5.02. The molecule has 0 rings (SSSR count). The maximum absolute atomic E-state index is 12.5. The predicted molar refractivity (Wildman–Crippen MR) is 132 cm³/mol. The summed E-state index contributed by atoms with van der Waals surface area (Å²) in [6.07, 6.45) is -0.870. The summed E-state index contributed by atoms with van der Waals surface area (Å²) in [5, 5.41) is 9.53. The molecule has 12 nitrogen and oxygen atoms in total. The lowest BCUT2D eigenvalue weighted by Crippen LogP contribution is -2.56. The molecule has 2 unspecified atom stereocenters. The van der Waals surface area contributed by atoms with Crippen LogP contribution in [0.1, 0.15) is 62.3 Å². The van der Waals surface area contributed by atoms with E-state index in [2.05, 4.69) is 33.9 Å². The van der Waals surface area contributed by atoms with Crippen LogP contribution in [0.3, 0.4) is 0 Å². The van der Waals surface area contributed by atoms with E-state index in [-0.39, 0.29) is 18.8 Å². The summed E-state index contributed by atoms with van der Waals surface area (Å²) in [5.74, 6) is -2.15. The fourth-order valence-corrected chi connectivity index (χ4v) is 2.53. The molecule has 4 amide bonds. The number of thiol groups is 1. The van der Waals surface area contributed by atoms with E-state index < -0.39 is 58.9 Å². The summed E-state index contributed by atoms with van der Waals surface area (Å²) in [4.78, 5) is 61.1. The molecule has 0 bridgehead atoms. The average Bonchev–Trinajstić information content (AvgIpc) is 2.63. The Morgan fingerprint density at radius 1 is 0.714 bits per heavy atom. The van der Waals surface area contributed by atoms with E-state index >= 15 is 0 Å². The molecule has 0 aromatic carbocycles. The summed E-state index contributed by atoms with van der Waals surface area (Å²) < 4.78 is 15.6. The third kappa shape index (κ3) is 16.5. The second-order valence-corrected chi connectivity index (χ2v) is 11.0. The monoisotopic (exact) mass is 520 g/mol. The van der Waals surface area contributed by atoms with E-state index in [0.29, 0.717) is 0 Å². The second-order valence-electron chi connectivity index (χ2n) is 10.6.